The van der Waals surface area contributed by atoms with Gasteiger partial charge in [-0.25, -0.2) is 0 Å². The van der Waals surface area contributed by atoms with E-state index in [1.54, 1.807) is 0 Å². The normalized spacial score (nSPS) is 14.8. The molecule has 0 heteroatoms. The number of allylic oxidation sites excluding steroid dienone is 5. The molecule has 1 aromatic rings. The predicted molar refractivity (Wildman–Crippen MR) is 66.6 cm³/mol. The monoisotopic (exact) mass is 194 g/mol. The van der Waals surface area contributed by atoms with Crippen molar-refractivity contribution < 1.29 is 0 Å². The van der Waals surface area contributed by atoms with E-state index in [1.807, 2.05) is 18.2 Å². The highest BCUT2D eigenvalue weighted by Gasteiger charge is 2.16. The molecule has 0 saturated heterocycles. The number of rotatable bonds is 2. The second-order valence-electron chi connectivity index (χ2n) is 3.66. The molecule has 0 aliphatic heterocycles. The summed E-state index contributed by atoms with van der Waals surface area (Å²) in [5, 5.41) is 0. The summed E-state index contributed by atoms with van der Waals surface area (Å²) in [6.07, 6.45) is 4.70. The van der Waals surface area contributed by atoms with E-state index in [9.17, 15) is 0 Å². The van der Waals surface area contributed by atoms with E-state index >= 15 is 0 Å². The first-order chi connectivity index (χ1) is 7.27. The summed E-state index contributed by atoms with van der Waals surface area (Å²) in [5.74, 6) is 0. The van der Waals surface area contributed by atoms with Crippen LogP contribution in [0, 0.1) is 0 Å². The van der Waals surface area contributed by atoms with Gasteiger partial charge in [-0.3, -0.25) is 0 Å². The van der Waals surface area contributed by atoms with Gasteiger partial charge in [0, 0.05) is 0 Å². The molecule has 0 radical (unpaired) electrons. The molecule has 0 saturated carbocycles. The smallest absolute Gasteiger partial charge is 0.00137 e. The standard InChI is InChI=1S/C15H14/c1-4-12-10-13-8-6-7-9-15(13)11(3)14(12)5-2/h4-9H,1-3,10H2. The van der Waals surface area contributed by atoms with Crippen LogP contribution in [0.15, 0.2) is 67.3 Å². The Kier molecular flexibility index (Phi) is 2.42. The van der Waals surface area contributed by atoms with Crippen LogP contribution in [0.3, 0.4) is 0 Å². The van der Waals surface area contributed by atoms with Gasteiger partial charge in [0.25, 0.3) is 0 Å². The summed E-state index contributed by atoms with van der Waals surface area (Å²) in [7, 11) is 0. The Morgan fingerprint density at radius 2 is 1.80 bits per heavy atom. The van der Waals surface area contributed by atoms with Gasteiger partial charge < -0.3 is 0 Å². The molecule has 0 unspecified atom stereocenters. The van der Waals surface area contributed by atoms with E-state index in [-0.39, 0.29) is 0 Å². The van der Waals surface area contributed by atoms with E-state index in [0.717, 1.165) is 17.6 Å². The zero-order valence-electron chi connectivity index (χ0n) is 8.79. The van der Waals surface area contributed by atoms with Gasteiger partial charge in [-0.05, 0) is 34.3 Å². The Hall–Kier alpha value is -1.82. The van der Waals surface area contributed by atoms with Gasteiger partial charge in [-0.15, -0.1) is 0 Å². The quantitative estimate of drug-likeness (QED) is 0.669. The van der Waals surface area contributed by atoms with Crippen molar-refractivity contribution in [3.8, 4) is 0 Å². The molecular formula is C15H14. The highest BCUT2D eigenvalue weighted by molar-refractivity contribution is 5.85. The fraction of sp³-hybridized carbons (Fsp3) is 0.0667. The fourth-order valence-electron chi connectivity index (χ4n) is 2.04. The highest BCUT2D eigenvalue weighted by atomic mass is 14.2. The van der Waals surface area contributed by atoms with Gasteiger partial charge >= 0.3 is 0 Å². The summed E-state index contributed by atoms with van der Waals surface area (Å²) in [5.41, 5.74) is 5.96. The summed E-state index contributed by atoms with van der Waals surface area (Å²) in [6, 6.07) is 8.36. The van der Waals surface area contributed by atoms with Crippen molar-refractivity contribution in [2.24, 2.45) is 0 Å². The lowest BCUT2D eigenvalue weighted by Crippen LogP contribution is -2.04. The highest BCUT2D eigenvalue weighted by Crippen LogP contribution is 2.34. The van der Waals surface area contributed by atoms with Crippen molar-refractivity contribution in [2.45, 2.75) is 6.42 Å². The average molecular weight is 194 g/mol. The van der Waals surface area contributed by atoms with Crippen molar-refractivity contribution in [1.82, 2.24) is 0 Å². The van der Waals surface area contributed by atoms with E-state index in [4.69, 9.17) is 0 Å². The lowest BCUT2D eigenvalue weighted by molar-refractivity contribution is 1.14. The first-order valence-corrected chi connectivity index (χ1v) is 5.03. The topological polar surface area (TPSA) is 0 Å². The number of fused-ring (bicyclic) bond motifs is 1. The minimum atomic E-state index is 0.931. The minimum Gasteiger partial charge on any atom is -0.0988 e. The molecule has 0 spiro atoms. The molecule has 0 N–H and O–H groups in total. The van der Waals surface area contributed by atoms with E-state index in [1.165, 1.54) is 16.7 Å². The summed E-state index contributed by atoms with van der Waals surface area (Å²) < 4.78 is 0. The Labute approximate surface area is 91.0 Å². The summed E-state index contributed by atoms with van der Waals surface area (Å²) in [4.78, 5) is 0. The Balaban J connectivity index is 2.61. The number of hydrogen-bond donors (Lipinski definition) is 0. The largest absolute Gasteiger partial charge is 0.0988 e. The molecule has 0 fully saturated rings. The molecule has 0 aromatic heterocycles. The van der Waals surface area contributed by atoms with Crippen LogP contribution in [0.4, 0.5) is 0 Å². The zero-order chi connectivity index (χ0) is 10.8. The maximum atomic E-state index is 4.13. The lowest BCUT2D eigenvalue weighted by Gasteiger charge is -2.21. The first-order valence-electron chi connectivity index (χ1n) is 5.03. The molecule has 0 amide bonds. The van der Waals surface area contributed by atoms with Crippen molar-refractivity contribution in [3.63, 3.8) is 0 Å². The Morgan fingerprint density at radius 1 is 1.07 bits per heavy atom. The third-order valence-corrected chi connectivity index (χ3v) is 2.84. The first kappa shape index (κ1) is 9.72. The third-order valence-electron chi connectivity index (χ3n) is 2.84. The molecule has 1 aliphatic rings. The van der Waals surface area contributed by atoms with Gasteiger partial charge in [0.05, 0.1) is 0 Å². The molecule has 0 atom stereocenters. The zero-order valence-corrected chi connectivity index (χ0v) is 8.79. The van der Waals surface area contributed by atoms with E-state index in [2.05, 4.69) is 37.9 Å². The van der Waals surface area contributed by atoms with E-state index < -0.39 is 0 Å². The van der Waals surface area contributed by atoms with Crippen molar-refractivity contribution in [1.29, 1.82) is 0 Å². The maximum absolute atomic E-state index is 4.13. The molecule has 15 heavy (non-hydrogen) atoms. The molecule has 74 valence electrons. The second kappa shape index (κ2) is 3.74. The fourth-order valence-corrected chi connectivity index (χ4v) is 2.04. The summed E-state index contributed by atoms with van der Waals surface area (Å²) in [6.45, 7) is 11.8. The van der Waals surface area contributed by atoms with Crippen LogP contribution >= 0.6 is 0 Å². The van der Waals surface area contributed by atoms with Crippen LogP contribution in [0.5, 0.6) is 0 Å². The Morgan fingerprint density at radius 3 is 2.47 bits per heavy atom. The average Bonchev–Trinajstić information content (AvgIpc) is 2.29. The molecule has 0 heterocycles. The molecule has 1 aliphatic carbocycles. The van der Waals surface area contributed by atoms with Crippen LogP contribution in [0.1, 0.15) is 11.1 Å². The number of benzene rings is 1. The van der Waals surface area contributed by atoms with Crippen LogP contribution in [-0.2, 0) is 6.42 Å². The lowest BCUT2D eigenvalue weighted by atomic mass is 9.83. The molecule has 0 nitrogen and oxygen atoms in total. The second-order valence-corrected chi connectivity index (χ2v) is 3.66. The van der Waals surface area contributed by atoms with Crippen LogP contribution < -0.4 is 0 Å². The molecular weight excluding hydrogens is 180 g/mol. The van der Waals surface area contributed by atoms with Crippen LogP contribution in [0.2, 0.25) is 0 Å². The van der Waals surface area contributed by atoms with Gasteiger partial charge in [0.1, 0.15) is 0 Å². The SMILES string of the molecule is C=CC1=C(C=C)C(=C)c2ccccc2C1. The predicted octanol–water partition coefficient (Wildman–Crippen LogP) is 3.92. The Bertz CT molecular complexity index is 473. The van der Waals surface area contributed by atoms with Crippen LogP contribution in [-0.4, -0.2) is 0 Å². The van der Waals surface area contributed by atoms with Crippen LogP contribution in [0.25, 0.3) is 5.57 Å². The molecule has 1 aromatic carbocycles. The molecule has 2 rings (SSSR count). The summed E-state index contributed by atoms with van der Waals surface area (Å²) >= 11 is 0. The third kappa shape index (κ3) is 1.48. The van der Waals surface area contributed by atoms with Gasteiger partial charge in [0.15, 0.2) is 0 Å². The van der Waals surface area contributed by atoms with Crippen molar-refractivity contribution in [2.75, 3.05) is 0 Å². The number of hydrogen-bond acceptors (Lipinski definition) is 0. The van der Waals surface area contributed by atoms with Gasteiger partial charge in [-0.1, -0.05) is 56.2 Å². The minimum absolute atomic E-state index is 0.931. The van der Waals surface area contributed by atoms with Crippen molar-refractivity contribution >= 4 is 5.57 Å². The maximum Gasteiger partial charge on any atom is -0.00137 e. The van der Waals surface area contributed by atoms with E-state index in [0.29, 0.717) is 0 Å². The molecule has 0 bridgehead atoms. The van der Waals surface area contributed by atoms with Gasteiger partial charge in [-0.2, -0.15) is 0 Å². The van der Waals surface area contributed by atoms with Gasteiger partial charge in [0.2, 0.25) is 0 Å². The van der Waals surface area contributed by atoms with Crippen molar-refractivity contribution in [3.05, 3.63) is 78.4 Å².